The zero-order chi connectivity index (χ0) is 21.7. The molecule has 0 radical (unpaired) electrons. The summed E-state index contributed by atoms with van der Waals surface area (Å²) in [5.74, 6) is -1.70. The summed E-state index contributed by atoms with van der Waals surface area (Å²) in [6, 6.07) is 12.6. The number of hydrogen-bond donors (Lipinski definition) is 2. The van der Waals surface area contributed by atoms with Crippen molar-refractivity contribution in [3.8, 4) is 5.69 Å². The maximum absolute atomic E-state index is 12.2. The first-order chi connectivity index (χ1) is 14.4. The lowest BCUT2D eigenvalue weighted by atomic mass is 10.2. The van der Waals surface area contributed by atoms with E-state index in [1.54, 1.807) is 28.9 Å². The van der Waals surface area contributed by atoms with Crippen LogP contribution in [-0.4, -0.2) is 40.4 Å². The first-order valence-electron chi connectivity index (χ1n) is 8.49. The van der Waals surface area contributed by atoms with Gasteiger partial charge < -0.3 is 15.8 Å². The van der Waals surface area contributed by atoms with Crippen LogP contribution in [0.1, 0.15) is 20.7 Å². The average Bonchev–Trinajstić information content (AvgIpc) is 3.13. The highest BCUT2D eigenvalue weighted by Crippen LogP contribution is 2.22. The number of primary amides is 1. The topological polar surface area (TPSA) is 116 Å². The van der Waals surface area contributed by atoms with E-state index in [2.05, 4.69) is 10.4 Å². The standard InChI is InChI=1S/C19H16N4O4S3/c1-29-18-22-23(19(28)30-18)14-8-4-12(5-9-14)17(26)27-10-15(24)21-13-6-2-11(3-7-13)16(20)25/h2-9H,10H2,1H3,(H2,20,25)(H,21,24). The van der Waals surface area contributed by atoms with Gasteiger partial charge in [-0.1, -0.05) is 23.1 Å². The van der Waals surface area contributed by atoms with E-state index in [-0.39, 0.29) is 0 Å². The number of benzene rings is 2. The SMILES string of the molecule is CSc1nn(-c2ccc(C(=O)OCC(=O)Nc3ccc(C(N)=O)cc3)cc2)c(=S)s1. The Morgan fingerprint density at radius 2 is 1.77 bits per heavy atom. The molecule has 11 heteroatoms. The Hall–Kier alpha value is -3.02. The van der Waals surface area contributed by atoms with Crippen LogP contribution in [0.25, 0.3) is 5.69 Å². The number of aromatic nitrogens is 2. The number of rotatable bonds is 7. The van der Waals surface area contributed by atoms with E-state index in [0.717, 1.165) is 10.0 Å². The Balaban J connectivity index is 1.56. The van der Waals surface area contributed by atoms with Crippen molar-refractivity contribution in [1.29, 1.82) is 0 Å². The van der Waals surface area contributed by atoms with E-state index in [1.165, 1.54) is 47.4 Å². The quantitative estimate of drug-likeness (QED) is 0.316. The third kappa shape index (κ3) is 5.32. The lowest BCUT2D eigenvalue weighted by Gasteiger charge is -2.07. The molecule has 0 fully saturated rings. The van der Waals surface area contributed by atoms with Crippen LogP contribution in [-0.2, 0) is 9.53 Å². The van der Waals surface area contributed by atoms with E-state index >= 15 is 0 Å². The van der Waals surface area contributed by atoms with Crippen molar-refractivity contribution in [3.05, 3.63) is 63.6 Å². The van der Waals surface area contributed by atoms with Crippen LogP contribution in [0.15, 0.2) is 52.9 Å². The molecule has 0 aliphatic rings. The number of carbonyl (C=O) groups is 3. The number of thioether (sulfide) groups is 1. The van der Waals surface area contributed by atoms with Crippen LogP contribution < -0.4 is 11.1 Å². The fraction of sp³-hybridized carbons (Fsp3) is 0.105. The second-order valence-electron chi connectivity index (χ2n) is 5.86. The van der Waals surface area contributed by atoms with Gasteiger partial charge in [-0.25, -0.2) is 9.48 Å². The van der Waals surface area contributed by atoms with Crippen LogP contribution in [0.5, 0.6) is 0 Å². The molecule has 1 aromatic heterocycles. The summed E-state index contributed by atoms with van der Waals surface area (Å²) in [4.78, 5) is 35.2. The molecule has 8 nitrogen and oxygen atoms in total. The first kappa shape index (κ1) is 21.7. The van der Waals surface area contributed by atoms with Gasteiger partial charge in [0.1, 0.15) is 0 Å². The van der Waals surface area contributed by atoms with Crippen molar-refractivity contribution in [2.45, 2.75) is 4.34 Å². The molecule has 30 heavy (non-hydrogen) atoms. The minimum Gasteiger partial charge on any atom is -0.452 e. The summed E-state index contributed by atoms with van der Waals surface area (Å²) >= 11 is 8.21. The molecule has 0 bridgehead atoms. The molecule has 0 spiro atoms. The van der Waals surface area contributed by atoms with E-state index < -0.39 is 24.4 Å². The molecule has 3 rings (SSSR count). The molecule has 2 aromatic carbocycles. The monoisotopic (exact) mass is 460 g/mol. The average molecular weight is 461 g/mol. The number of anilines is 1. The molecule has 154 valence electrons. The molecule has 0 aliphatic heterocycles. The summed E-state index contributed by atoms with van der Waals surface area (Å²) in [6.07, 6.45) is 1.92. The predicted octanol–water partition coefficient (Wildman–Crippen LogP) is 3.28. The van der Waals surface area contributed by atoms with Crippen LogP contribution in [0.2, 0.25) is 0 Å². The number of ether oxygens (including phenoxy) is 1. The maximum Gasteiger partial charge on any atom is 0.338 e. The van der Waals surface area contributed by atoms with Gasteiger partial charge in [0.15, 0.2) is 14.9 Å². The van der Waals surface area contributed by atoms with E-state index in [0.29, 0.717) is 20.8 Å². The van der Waals surface area contributed by atoms with E-state index in [4.69, 9.17) is 22.7 Å². The number of nitrogens with one attached hydrogen (secondary N) is 1. The Kier molecular flexibility index (Phi) is 6.98. The molecule has 2 amide bonds. The minimum atomic E-state index is -0.632. The molecule has 3 aromatic rings. The summed E-state index contributed by atoms with van der Waals surface area (Å²) in [5, 5.41) is 6.95. The molecule has 0 saturated carbocycles. The molecular formula is C19H16N4O4S3. The highest BCUT2D eigenvalue weighted by Gasteiger charge is 2.12. The lowest BCUT2D eigenvalue weighted by Crippen LogP contribution is -2.21. The number of hydrogen-bond acceptors (Lipinski definition) is 8. The normalized spacial score (nSPS) is 10.4. The Morgan fingerprint density at radius 3 is 2.33 bits per heavy atom. The van der Waals surface area contributed by atoms with Gasteiger partial charge >= 0.3 is 5.97 Å². The zero-order valence-corrected chi connectivity index (χ0v) is 18.1. The van der Waals surface area contributed by atoms with Crippen LogP contribution in [0.3, 0.4) is 0 Å². The third-order valence-corrected chi connectivity index (χ3v) is 6.05. The van der Waals surface area contributed by atoms with Gasteiger partial charge in [0.05, 0.1) is 11.3 Å². The van der Waals surface area contributed by atoms with Crippen LogP contribution in [0, 0.1) is 3.95 Å². The largest absolute Gasteiger partial charge is 0.452 e. The highest BCUT2D eigenvalue weighted by molar-refractivity contribution is 8.00. The Labute approximate surface area is 185 Å². The second-order valence-corrected chi connectivity index (χ2v) is 8.54. The molecule has 0 atom stereocenters. The molecule has 0 saturated heterocycles. The second kappa shape index (κ2) is 9.65. The van der Waals surface area contributed by atoms with Crippen molar-refractivity contribution < 1.29 is 19.1 Å². The number of nitrogens with two attached hydrogens (primary N) is 1. The molecule has 0 aliphatic carbocycles. The van der Waals surface area contributed by atoms with Gasteiger partial charge in [-0.15, -0.1) is 5.10 Å². The smallest absolute Gasteiger partial charge is 0.338 e. The Bertz CT molecular complexity index is 1140. The van der Waals surface area contributed by atoms with Crippen LogP contribution >= 0.6 is 35.3 Å². The van der Waals surface area contributed by atoms with Crippen molar-refractivity contribution in [1.82, 2.24) is 9.78 Å². The van der Waals surface area contributed by atoms with Gasteiger partial charge in [-0.3, -0.25) is 9.59 Å². The number of esters is 1. The Morgan fingerprint density at radius 1 is 1.13 bits per heavy atom. The third-order valence-electron chi connectivity index (χ3n) is 3.84. The minimum absolute atomic E-state index is 0.296. The van der Waals surface area contributed by atoms with Crippen LogP contribution in [0.4, 0.5) is 5.69 Å². The van der Waals surface area contributed by atoms with Crippen molar-refractivity contribution >= 4 is 58.8 Å². The molecule has 1 heterocycles. The molecular weight excluding hydrogens is 444 g/mol. The van der Waals surface area contributed by atoms with Crippen molar-refractivity contribution in [2.24, 2.45) is 5.73 Å². The number of carbonyl (C=O) groups excluding carboxylic acids is 3. The number of amides is 2. The van der Waals surface area contributed by atoms with Gasteiger partial charge in [-0.2, -0.15) is 0 Å². The number of nitrogens with zero attached hydrogens (tertiary/aromatic N) is 2. The van der Waals surface area contributed by atoms with E-state index in [1.807, 2.05) is 6.26 Å². The van der Waals surface area contributed by atoms with Gasteiger partial charge in [-0.05, 0) is 67.0 Å². The summed E-state index contributed by atoms with van der Waals surface area (Å²) in [5.41, 5.74) is 6.97. The zero-order valence-electron chi connectivity index (χ0n) is 15.7. The lowest BCUT2D eigenvalue weighted by molar-refractivity contribution is -0.119. The fourth-order valence-electron chi connectivity index (χ4n) is 2.37. The van der Waals surface area contributed by atoms with Crippen molar-refractivity contribution in [3.63, 3.8) is 0 Å². The van der Waals surface area contributed by atoms with Crippen molar-refractivity contribution in [2.75, 3.05) is 18.2 Å². The van der Waals surface area contributed by atoms with Gasteiger partial charge in [0, 0.05) is 11.3 Å². The molecule has 3 N–H and O–H groups in total. The van der Waals surface area contributed by atoms with Gasteiger partial charge in [0.25, 0.3) is 5.91 Å². The maximum atomic E-state index is 12.2. The summed E-state index contributed by atoms with van der Waals surface area (Å²) < 4.78 is 8.12. The summed E-state index contributed by atoms with van der Waals surface area (Å²) in [7, 11) is 0. The van der Waals surface area contributed by atoms with E-state index in [9.17, 15) is 14.4 Å². The fourth-order valence-corrected chi connectivity index (χ4v) is 4.15. The van der Waals surface area contributed by atoms with Gasteiger partial charge in [0.2, 0.25) is 5.91 Å². The summed E-state index contributed by atoms with van der Waals surface area (Å²) in [6.45, 7) is -0.452. The molecule has 0 unspecified atom stereocenters. The highest BCUT2D eigenvalue weighted by atomic mass is 32.2. The first-order valence-corrected chi connectivity index (χ1v) is 10.9. The predicted molar refractivity (Wildman–Crippen MR) is 118 cm³/mol.